The van der Waals surface area contributed by atoms with Crippen LogP contribution in [-0.4, -0.2) is 0 Å². The lowest BCUT2D eigenvalue weighted by atomic mass is 9.68. The first-order chi connectivity index (χ1) is 11.7. The quantitative estimate of drug-likeness (QED) is 0.277. The van der Waals surface area contributed by atoms with Gasteiger partial charge in [0.2, 0.25) is 0 Å². The molecule has 134 valence electrons. The third kappa shape index (κ3) is 6.42. The van der Waals surface area contributed by atoms with Gasteiger partial charge in [0.15, 0.2) is 5.83 Å². The van der Waals surface area contributed by atoms with Crippen molar-refractivity contribution in [2.45, 2.75) is 84.0 Å². The van der Waals surface area contributed by atoms with E-state index in [-0.39, 0.29) is 0 Å². The summed E-state index contributed by atoms with van der Waals surface area (Å²) in [6.45, 7) is 2.29. The molecular weight excluding hydrogens is 297 g/mol. The van der Waals surface area contributed by atoms with E-state index in [4.69, 9.17) is 5.26 Å². The van der Waals surface area contributed by atoms with Gasteiger partial charge in [0, 0.05) is 0 Å². The number of rotatable bonds is 7. The van der Waals surface area contributed by atoms with Crippen LogP contribution in [0.2, 0.25) is 0 Å². The summed E-state index contributed by atoms with van der Waals surface area (Å²) in [6.07, 6.45) is 21.7. The Kier molecular flexibility index (Phi) is 8.57. The molecule has 0 N–H and O–H groups in total. The highest BCUT2D eigenvalue weighted by molar-refractivity contribution is 5.19. The monoisotopic (exact) mass is 331 g/mol. The van der Waals surface area contributed by atoms with E-state index >= 15 is 0 Å². The average molecular weight is 332 g/mol. The maximum absolute atomic E-state index is 12.8. The Balaban J connectivity index is 1.66. The van der Waals surface area contributed by atoms with Crippen LogP contribution in [0.5, 0.6) is 0 Å². The zero-order valence-corrected chi connectivity index (χ0v) is 15.4. The van der Waals surface area contributed by atoms with Gasteiger partial charge in [-0.1, -0.05) is 57.6 Å². The van der Waals surface area contributed by atoms with Gasteiger partial charge < -0.3 is 0 Å². The normalized spacial score (nSPS) is 32.0. The molecule has 0 heterocycles. The van der Waals surface area contributed by atoms with Crippen molar-refractivity contribution in [3.05, 3.63) is 24.1 Å². The molecule has 0 aromatic rings. The van der Waals surface area contributed by atoms with Crippen LogP contribution in [0.4, 0.5) is 4.39 Å². The van der Waals surface area contributed by atoms with E-state index in [1.165, 1.54) is 89.2 Å². The highest BCUT2D eigenvalue weighted by Crippen LogP contribution is 2.42. The van der Waals surface area contributed by atoms with Crippen LogP contribution in [0.3, 0.4) is 0 Å². The number of allylic oxidation sites excluding steroid dienone is 4. The highest BCUT2D eigenvalue weighted by Gasteiger charge is 2.30. The first kappa shape index (κ1) is 19.2. The minimum Gasteiger partial charge on any atom is -0.195 e. The van der Waals surface area contributed by atoms with Crippen LogP contribution in [0, 0.1) is 35.0 Å². The molecule has 0 aromatic carbocycles. The molecule has 0 aliphatic heterocycles. The lowest BCUT2D eigenvalue weighted by Gasteiger charge is -2.37. The second kappa shape index (κ2) is 10.7. The number of unbranched alkanes of at least 4 members (excludes halogenated alkanes) is 2. The Morgan fingerprint density at radius 3 is 2.21 bits per heavy atom. The summed E-state index contributed by atoms with van der Waals surface area (Å²) >= 11 is 0. The molecule has 0 atom stereocenters. The summed E-state index contributed by atoms with van der Waals surface area (Å²) in [4.78, 5) is 0. The molecule has 2 aliphatic carbocycles. The smallest absolute Gasteiger partial charge is 0.195 e. The Morgan fingerprint density at radius 2 is 1.62 bits per heavy atom. The van der Waals surface area contributed by atoms with E-state index in [9.17, 15) is 4.39 Å². The van der Waals surface area contributed by atoms with Crippen molar-refractivity contribution in [1.29, 1.82) is 5.26 Å². The topological polar surface area (TPSA) is 23.8 Å². The summed E-state index contributed by atoms with van der Waals surface area (Å²) in [6, 6.07) is 1.52. The van der Waals surface area contributed by atoms with Crippen molar-refractivity contribution in [3.8, 4) is 6.07 Å². The minimum absolute atomic E-state index is 0.578. The number of nitriles is 1. The molecule has 0 radical (unpaired) electrons. The lowest BCUT2D eigenvalue weighted by molar-refractivity contribution is 0.151. The molecule has 2 saturated carbocycles. The van der Waals surface area contributed by atoms with Gasteiger partial charge >= 0.3 is 0 Å². The van der Waals surface area contributed by atoms with Crippen LogP contribution >= 0.6 is 0 Å². The number of halogens is 1. The van der Waals surface area contributed by atoms with E-state index in [2.05, 4.69) is 13.0 Å². The maximum atomic E-state index is 12.8. The summed E-state index contributed by atoms with van der Waals surface area (Å²) < 4.78 is 12.8. The molecule has 2 rings (SSSR count). The highest BCUT2D eigenvalue weighted by atomic mass is 19.1. The van der Waals surface area contributed by atoms with E-state index in [0.717, 1.165) is 17.8 Å². The zero-order chi connectivity index (χ0) is 17.2. The predicted molar refractivity (Wildman–Crippen MR) is 99.0 cm³/mol. The summed E-state index contributed by atoms with van der Waals surface area (Å²) in [7, 11) is 0. The average Bonchev–Trinajstić information content (AvgIpc) is 2.63. The van der Waals surface area contributed by atoms with Crippen molar-refractivity contribution >= 4 is 0 Å². The number of nitrogens with zero attached hydrogens (tertiary/aromatic N) is 1. The van der Waals surface area contributed by atoms with Crippen LogP contribution in [0.25, 0.3) is 0 Å². The first-order valence-electron chi connectivity index (χ1n) is 10.2. The molecular formula is C22H34FN. The molecule has 1 nitrogen and oxygen atoms in total. The van der Waals surface area contributed by atoms with Gasteiger partial charge in [-0.05, 0) is 68.3 Å². The largest absolute Gasteiger partial charge is 0.199 e. The second-order valence-electron chi connectivity index (χ2n) is 7.96. The van der Waals surface area contributed by atoms with E-state index < -0.39 is 5.83 Å². The molecule has 0 amide bonds. The third-order valence-electron chi connectivity index (χ3n) is 6.32. The number of hydrogen-bond acceptors (Lipinski definition) is 1. The van der Waals surface area contributed by atoms with Gasteiger partial charge in [-0.25, -0.2) is 0 Å². The Bertz CT molecular complexity index is 443. The molecule has 0 unspecified atom stereocenters. The van der Waals surface area contributed by atoms with Gasteiger partial charge in [-0.3, -0.25) is 0 Å². The van der Waals surface area contributed by atoms with Crippen LogP contribution in [0.15, 0.2) is 24.1 Å². The molecule has 0 bridgehead atoms. The number of hydrogen-bond donors (Lipinski definition) is 0. The van der Waals surface area contributed by atoms with Crippen LogP contribution < -0.4 is 0 Å². The van der Waals surface area contributed by atoms with Gasteiger partial charge in [0.1, 0.15) is 6.07 Å². The minimum atomic E-state index is -0.698. The molecule has 2 fully saturated rings. The standard InChI is InChI=1S/C22H34FN/c1-2-3-4-6-18-9-13-20(14-10-18)21-15-11-19(12-16-21)7-5-8-22(23)17-24/h5,7-8,18-21H,2-4,6,9-16H2,1H3/b7-5+,22-8-/t18-,19?,20-,21?. The SMILES string of the molecule is CCCCC[C@H]1CC[C@H](C2CCC(/C=C/C=C(\F)C#N)CC2)CC1. The molecule has 0 aromatic heterocycles. The van der Waals surface area contributed by atoms with Gasteiger partial charge in [0.05, 0.1) is 0 Å². The fraction of sp³-hybridized carbons (Fsp3) is 0.773. The Hall–Kier alpha value is -1.10. The van der Waals surface area contributed by atoms with Crippen molar-refractivity contribution in [2.75, 3.05) is 0 Å². The first-order valence-corrected chi connectivity index (χ1v) is 10.2. The molecule has 0 saturated heterocycles. The molecule has 2 heteroatoms. The summed E-state index contributed by atoms with van der Waals surface area (Å²) in [5.74, 6) is 2.78. The van der Waals surface area contributed by atoms with Crippen molar-refractivity contribution in [3.63, 3.8) is 0 Å². The summed E-state index contributed by atoms with van der Waals surface area (Å²) in [5, 5.41) is 8.40. The zero-order valence-electron chi connectivity index (χ0n) is 15.4. The van der Waals surface area contributed by atoms with Crippen molar-refractivity contribution in [1.82, 2.24) is 0 Å². The molecule has 0 spiro atoms. The van der Waals surface area contributed by atoms with E-state index in [1.807, 2.05) is 0 Å². The van der Waals surface area contributed by atoms with Crippen molar-refractivity contribution in [2.24, 2.45) is 23.7 Å². The van der Waals surface area contributed by atoms with Gasteiger partial charge in [0.25, 0.3) is 0 Å². The predicted octanol–water partition coefficient (Wildman–Crippen LogP) is 7.11. The Morgan fingerprint density at radius 1 is 1.00 bits per heavy atom. The summed E-state index contributed by atoms with van der Waals surface area (Å²) in [5.41, 5.74) is 0. The van der Waals surface area contributed by atoms with Crippen LogP contribution in [0.1, 0.15) is 84.0 Å². The molecule has 24 heavy (non-hydrogen) atoms. The van der Waals surface area contributed by atoms with Crippen molar-refractivity contribution < 1.29 is 4.39 Å². The Labute approximate surface area is 148 Å². The van der Waals surface area contributed by atoms with E-state index in [0.29, 0.717) is 5.92 Å². The fourth-order valence-electron chi connectivity index (χ4n) is 4.77. The second-order valence-corrected chi connectivity index (χ2v) is 7.96. The third-order valence-corrected chi connectivity index (χ3v) is 6.32. The van der Waals surface area contributed by atoms with Gasteiger partial charge in [-0.2, -0.15) is 9.65 Å². The fourth-order valence-corrected chi connectivity index (χ4v) is 4.77. The lowest BCUT2D eigenvalue weighted by Crippen LogP contribution is -2.25. The van der Waals surface area contributed by atoms with Crippen LogP contribution in [-0.2, 0) is 0 Å². The van der Waals surface area contributed by atoms with Gasteiger partial charge in [-0.15, -0.1) is 0 Å². The maximum Gasteiger partial charge on any atom is 0.199 e. The van der Waals surface area contributed by atoms with E-state index in [1.54, 1.807) is 6.08 Å². The molecule has 2 aliphatic rings.